The van der Waals surface area contributed by atoms with E-state index in [1.807, 2.05) is 24.0 Å². The van der Waals surface area contributed by atoms with Crippen molar-refractivity contribution in [2.24, 2.45) is 0 Å². The van der Waals surface area contributed by atoms with Gasteiger partial charge in [-0.25, -0.2) is 4.98 Å². The molecule has 1 heterocycles. The van der Waals surface area contributed by atoms with E-state index >= 15 is 0 Å². The molecule has 0 saturated heterocycles. The average molecular weight is 401 g/mol. The van der Waals surface area contributed by atoms with Gasteiger partial charge in [0.1, 0.15) is 11.6 Å². The van der Waals surface area contributed by atoms with Crippen molar-refractivity contribution in [3.05, 3.63) is 63.7 Å². The average Bonchev–Trinajstić information content (AvgIpc) is 2.68. The molecule has 1 aromatic heterocycles. The van der Waals surface area contributed by atoms with Gasteiger partial charge in [0.05, 0.1) is 31.1 Å². The Labute approximate surface area is 167 Å². The van der Waals surface area contributed by atoms with E-state index in [0.29, 0.717) is 46.3 Å². The number of amides is 1. The Morgan fingerprint density at radius 2 is 2.11 bits per heavy atom. The molecule has 0 fully saturated rings. The van der Waals surface area contributed by atoms with Crippen LogP contribution in [0.2, 0.25) is 5.02 Å². The quantitative estimate of drug-likeness (QED) is 0.636. The number of carbonyl (C=O) groups is 1. The highest BCUT2D eigenvalue weighted by Crippen LogP contribution is 2.17. The predicted octanol–water partition coefficient (Wildman–Crippen LogP) is 3.05. The van der Waals surface area contributed by atoms with Crippen LogP contribution < -0.4 is 15.6 Å². The highest BCUT2D eigenvalue weighted by atomic mass is 35.5. The van der Waals surface area contributed by atoms with E-state index < -0.39 is 0 Å². The molecule has 0 spiro atoms. The zero-order valence-corrected chi connectivity index (χ0v) is 16.4. The molecule has 3 rings (SSSR count). The number of H-pyrrole nitrogens is 1. The number of nitrogens with one attached hydrogen (secondary N) is 2. The SMILES string of the molecule is CCN(CC(=O)Nc1cccc(OC)c1)Cc1nc2ccc(Cl)cc2c(=O)[nH]1. The number of ether oxygens (including phenoxy) is 1. The number of fused-ring (bicyclic) bond motifs is 1. The summed E-state index contributed by atoms with van der Waals surface area (Å²) in [6, 6.07) is 12.2. The number of likely N-dealkylation sites (N-methyl/N-ethyl adjacent to an activating group) is 1. The molecule has 3 aromatic rings. The van der Waals surface area contributed by atoms with Crippen molar-refractivity contribution in [3.8, 4) is 5.75 Å². The minimum absolute atomic E-state index is 0.162. The molecule has 2 N–H and O–H groups in total. The fraction of sp³-hybridized carbons (Fsp3) is 0.250. The zero-order valence-electron chi connectivity index (χ0n) is 15.7. The summed E-state index contributed by atoms with van der Waals surface area (Å²) in [5.41, 5.74) is 0.980. The van der Waals surface area contributed by atoms with E-state index in [4.69, 9.17) is 16.3 Å². The highest BCUT2D eigenvalue weighted by Gasteiger charge is 2.13. The number of hydrogen-bond donors (Lipinski definition) is 2. The summed E-state index contributed by atoms with van der Waals surface area (Å²) in [6.07, 6.45) is 0. The molecule has 7 nitrogen and oxygen atoms in total. The van der Waals surface area contributed by atoms with Gasteiger partial charge in [0.25, 0.3) is 5.56 Å². The summed E-state index contributed by atoms with van der Waals surface area (Å²) in [5, 5.41) is 3.77. The fourth-order valence-corrected chi connectivity index (χ4v) is 3.00. The number of aromatic nitrogens is 2. The van der Waals surface area contributed by atoms with Gasteiger partial charge in [-0.3, -0.25) is 14.5 Å². The van der Waals surface area contributed by atoms with Gasteiger partial charge in [0, 0.05) is 16.8 Å². The molecule has 0 aliphatic rings. The maximum absolute atomic E-state index is 12.4. The van der Waals surface area contributed by atoms with Crippen LogP contribution in [0.5, 0.6) is 5.75 Å². The summed E-state index contributed by atoms with van der Waals surface area (Å²) >= 11 is 5.94. The van der Waals surface area contributed by atoms with Gasteiger partial charge in [-0.2, -0.15) is 0 Å². The summed E-state index contributed by atoms with van der Waals surface area (Å²) in [5.74, 6) is 1.00. The minimum Gasteiger partial charge on any atom is -0.497 e. The maximum atomic E-state index is 12.4. The van der Waals surface area contributed by atoms with Gasteiger partial charge >= 0.3 is 0 Å². The number of nitrogens with zero attached hydrogens (tertiary/aromatic N) is 2. The smallest absolute Gasteiger partial charge is 0.258 e. The van der Waals surface area contributed by atoms with Gasteiger partial charge in [-0.15, -0.1) is 0 Å². The third kappa shape index (κ3) is 4.88. The molecule has 2 aromatic carbocycles. The molecule has 0 unspecified atom stereocenters. The summed E-state index contributed by atoms with van der Waals surface area (Å²) < 4.78 is 5.16. The van der Waals surface area contributed by atoms with Crippen LogP contribution >= 0.6 is 11.6 Å². The van der Waals surface area contributed by atoms with Gasteiger partial charge < -0.3 is 15.0 Å². The number of halogens is 1. The third-order valence-electron chi connectivity index (χ3n) is 4.26. The Bertz CT molecular complexity index is 1050. The lowest BCUT2D eigenvalue weighted by Crippen LogP contribution is -2.33. The molecule has 0 aliphatic heterocycles. The largest absolute Gasteiger partial charge is 0.497 e. The zero-order chi connectivity index (χ0) is 20.1. The first-order valence-electron chi connectivity index (χ1n) is 8.83. The minimum atomic E-state index is -0.251. The molecule has 146 valence electrons. The van der Waals surface area contributed by atoms with Crippen LogP contribution in [0.4, 0.5) is 5.69 Å². The first-order valence-corrected chi connectivity index (χ1v) is 9.21. The van der Waals surface area contributed by atoms with Crippen LogP contribution in [0, 0.1) is 0 Å². The Hall–Kier alpha value is -2.90. The summed E-state index contributed by atoms with van der Waals surface area (Å²) in [6.45, 7) is 3.07. The predicted molar refractivity (Wildman–Crippen MR) is 110 cm³/mol. The fourth-order valence-electron chi connectivity index (χ4n) is 2.83. The Balaban J connectivity index is 1.70. The van der Waals surface area contributed by atoms with Crippen molar-refractivity contribution in [2.75, 3.05) is 25.5 Å². The monoisotopic (exact) mass is 400 g/mol. The van der Waals surface area contributed by atoms with Crippen molar-refractivity contribution >= 4 is 34.1 Å². The van der Waals surface area contributed by atoms with Gasteiger partial charge in [0.2, 0.25) is 5.91 Å². The van der Waals surface area contributed by atoms with Crippen LogP contribution in [0.25, 0.3) is 10.9 Å². The lowest BCUT2D eigenvalue weighted by molar-refractivity contribution is -0.117. The Morgan fingerprint density at radius 1 is 1.29 bits per heavy atom. The van der Waals surface area contributed by atoms with Crippen LogP contribution in [-0.2, 0) is 11.3 Å². The van der Waals surface area contributed by atoms with Crippen molar-refractivity contribution in [1.82, 2.24) is 14.9 Å². The number of hydrogen-bond acceptors (Lipinski definition) is 5. The number of methoxy groups -OCH3 is 1. The molecular weight excluding hydrogens is 380 g/mol. The molecule has 0 bridgehead atoms. The molecule has 0 atom stereocenters. The Morgan fingerprint density at radius 3 is 2.86 bits per heavy atom. The van der Waals surface area contributed by atoms with Gasteiger partial charge in [0.15, 0.2) is 0 Å². The number of benzene rings is 2. The van der Waals surface area contributed by atoms with Crippen molar-refractivity contribution < 1.29 is 9.53 Å². The van der Waals surface area contributed by atoms with Crippen molar-refractivity contribution in [2.45, 2.75) is 13.5 Å². The number of aromatic amines is 1. The molecule has 0 saturated carbocycles. The van der Waals surface area contributed by atoms with E-state index in [0.717, 1.165) is 0 Å². The first-order chi connectivity index (χ1) is 13.5. The van der Waals surface area contributed by atoms with Crippen molar-refractivity contribution in [1.29, 1.82) is 0 Å². The Kier molecular flexibility index (Phi) is 6.28. The standard InChI is InChI=1S/C20H21ClN4O3/c1-3-25(12-19(26)22-14-5-4-6-15(10-14)28-2)11-18-23-17-8-7-13(21)9-16(17)20(27)24-18/h4-10H,3,11-12H2,1-2H3,(H,22,26)(H,23,24,27). The number of carbonyl (C=O) groups excluding carboxylic acids is 1. The van der Waals surface area contributed by atoms with E-state index in [9.17, 15) is 9.59 Å². The topological polar surface area (TPSA) is 87.3 Å². The normalized spacial score (nSPS) is 11.0. The van der Waals surface area contributed by atoms with Gasteiger partial charge in [-0.05, 0) is 36.9 Å². The first kappa shape index (κ1) is 19.9. The summed E-state index contributed by atoms with van der Waals surface area (Å²) in [4.78, 5) is 33.8. The summed E-state index contributed by atoms with van der Waals surface area (Å²) in [7, 11) is 1.57. The van der Waals surface area contributed by atoms with Crippen LogP contribution in [0.15, 0.2) is 47.3 Å². The van der Waals surface area contributed by atoms with E-state index in [1.165, 1.54) is 0 Å². The lowest BCUT2D eigenvalue weighted by atomic mass is 10.2. The van der Waals surface area contributed by atoms with Crippen LogP contribution in [0.1, 0.15) is 12.7 Å². The number of rotatable bonds is 7. The molecule has 1 amide bonds. The molecule has 8 heteroatoms. The molecule has 0 radical (unpaired) electrons. The number of anilines is 1. The van der Waals surface area contributed by atoms with E-state index in [2.05, 4.69) is 15.3 Å². The molecule has 0 aliphatic carbocycles. The van der Waals surface area contributed by atoms with E-state index in [-0.39, 0.29) is 18.0 Å². The van der Waals surface area contributed by atoms with Crippen LogP contribution in [-0.4, -0.2) is 41.0 Å². The third-order valence-corrected chi connectivity index (χ3v) is 4.49. The van der Waals surface area contributed by atoms with E-state index in [1.54, 1.807) is 37.4 Å². The second-order valence-electron chi connectivity index (χ2n) is 6.26. The second kappa shape index (κ2) is 8.86. The highest BCUT2D eigenvalue weighted by molar-refractivity contribution is 6.31. The molecular formula is C20H21ClN4O3. The van der Waals surface area contributed by atoms with Crippen LogP contribution in [0.3, 0.4) is 0 Å². The molecule has 28 heavy (non-hydrogen) atoms. The van der Waals surface area contributed by atoms with Gasteiger partial charge in [-0.1, -0.05) is 24.6 Å². The maximum Gasteiger partial charge on any atom is 0.258 e. The lowest BCUT2D eigenvalue weighted by Gasteiger charge is -2.19. The second-order valence-corrected chi connectivity index (χ2v) is 6.69. The van der Waals surface area contributed by atoms with Crippen molar-refractivity contribution in [3.63, 3.8) is 0 Å².